The smallest absolute Gasteiger partial charge is 0.250 e. The van der Waals surface area contributed by atoms with Crippen LogP contribution in [0.1, 0.15) is 0 Å². The summed E-state index contributed by atoms with van der Waals surface area (Å²) in [4.78, 5) is 4.19. The third-order valence-corrected chi connectivity index (χ3v) is 7.28. The van der Waals surface area contributed by atoms with Crippen molar-refractivity contribution in [3.8, 4) is 0 Å². The Balaban J connectivity index is 1.46. The van der Waals surface area contributed by atoms with Crippen LogP contribution in [-0.2, 0) is 10.0 Å². The maximum Gasteiger partial charge on any atom is 0.250 e. The van der Waals surface area contributed by atoms with Gasteiger partial charge in [0.2, 0.25) is 10.0 Å². The molecule has 0 aliphatic carbocycles. The Morgan fingerprint density at radius 2 is 1.84 bits per heavy atom. The SMILES string of the molecule is O=S(=O)(NCCN1CCN(c2ccccc2F)CC1)c1ccc(Cl)s1. The topological polar surface area (TPSA) is 52.7 Å². The fourth-order valence-corrected chi connectivity index (χ4v) is 5.32. The molecule has 2 heterocycles. The van der Waals surface area contributed by atoms with E-state index in [9.17, 15) is 12.8 Å². The first-order chi connectivity index (χ1) is 12.0. The van der Waals surface area contributed by atoms with E-state index in [1.807, 2.05) is 11.0 Å². The van der Waals surface area contributed by atoms with Crippen LogP contribution in [0, 0.1) is 5.82 Å². The summed E-state index contributed by atoms with van der Waals surface area (Å²) in [6.45, 7) is 3.91. The van der Waals surface area contributed by atoms with E-state index in [-0.39, 0.29) is 10.0 Å². The second-order valence-corrected chi connectivity index (χ2v) is 9.45. The average Bonchev–Trinajstić information content (AvgIpc) is 3.03. The van der Waals surface area contributed by atoms with E-state index >= 15 is 0 Å². The predicted octanol–water partition coefficient (Wildman–Crippen LogP) is 2.64. The standard InChI is InChI=1S/C16H19ClFN3O2S2/c17-15-5-6-16(24-15)25(22,23)19-7-8-20-9-11-21(12-10-20)14-4-2-1-3-13(14)18/h1-6,19H,7-12H2. The van der Waals surface area contributed by atoms with Gasteiger partial charge in [-0.1, -0.05) is 23.7 Å². The summed E-state index contributed by atoms with van der Waals surface area (Å²) < 4.78 is 41.4. The number of sulfonamides is 1. The van der Waals surface area contributed by atoms with Gasteiger partial charge in [0.25, 0.3) is 0 Å². The van der Waals surface area contributed by atoms with Crippen molar-refractivity contribution in [1.29, 1.82) is 0 Å². The number of thiophene rings is 1. The van der Waals surface area contributed by atoms with E-state index < -0.39 is 10.0 Å². The fourth-order valence-electron chi connectivity index (χ4n) is 2.77. The molecule has 0 saturated carbocycles. The Kier molecular flexibility index (Phi) is 5.96. The average molecular weight is 404 g/mol. The molecule has 1 aliphatic heterocycles. The third kappa shape index (κ3) is 4.71. The largest absolute Gasteiger partial charge is 0.367 e. The molecule has 1 N–H and O–H groups in total. The number of benzene rings is 1. The molecule has 3 rings (SSSR count). The van der Waals surface area contributed by atoms with Crippen molar-refractivity contribution < 1.29 is 12.8 Å². The van der Waals surface area contributed by atoms with Crippen LogP contribution < -0.4 is 9.62 Å². The van der Waals surface area contributed by atoms with Gasteiger partial charge in [0.1, 0.15) is 10.0 Å². The Bertz CT molecular complexity index is 820. The number of piperazine rings is 1. The minimum Gasteiger partial charge on any atom is -0.367 e. The summed E-state index contributed by atoms with van der Waals surface area (Å²) in [6, 6.07) is 9.84. The van der Waals surface area contributed by atoms with Gasteiger partial charge in [-0.25, -0.2) is 17.5 Å². The molecule has 0 unspecified atom stereocenters. The van der Waals surface area contributed by atoms with Crippen molar-refractivity contribution in [3.05, 3.63) is 46.6 Å². The second kappa shape index (κ2) is 8.01. The van der Waals surface area contributed by atoms with Crippen LogP contribution in [0.5, 0.6) is 0 Å². The van der Waals surface area contributed by atoms with Gasteiger partial charge >= 0.3 is 0 Å². The van der Waals surface area contributed by atoms with E-state index in [1.165, 1.54) is 12.1 Å². The summed E-state index contributed by atoms with van der Waals surface area (Å²) in [6.07, 6.45) is 0. The Morgan fingerprint density at radius 3 is 2.48 bits per heavy atom. The lowest BCUT2D eigenvalue weighted by Gasteiger charge is -2.36. The molecule has 25 heavy (non-hydrogen) atoms. The van der Waals surface area contributed by atoms with Gasteiger partial charge in [0, 0.05) is 39.3 Å². The number of hydrogen-bond donors (Lipinski definition) is 1. The Labute approximate surface area is 156 Å². The van der Waals surface area contributed by atoms with Crippen molar-refractivity contribution in [2.75, 3.05) is 44.2 Å². The van der Waals surface area contributed by atoms with Crippen LogP contribution in [-0.4, -0.2) is 52.6 Å². The van der Waals surface area contributed by atoms with Gasteiger partial charge in [-0.05, 0) is 24.3 Å². The van der Waals surface area contributed by atoms with Crippen LogP contribution in [0.3, 0.4) is 0 Å². The number of para-hydroxylation sites is 1. The molecule has 1 aromatic heterocycles. The second-order valence-electron chi connectivity index (χ2n) is 5.74. The summed E-state index contributed by atoms with van der Waals surface area (Å²) in [7, 11) is -3.50. The van der Waals surface area contributed by atoms with E-state index in [0.29, 0.717) is 36.2 Å². The van der Waals surface area contributed by atoms with Crippen molar-refractivity contribution in [2.45, 2.75) is 4.21 Å². The highest BCUT2D eigenvalue weighted by Gasteiger charge is 2.20. The maximum absolute atomic E-state index is 13.8. The molecule has 0 radical (unpaired) electrons. The van der Waals surface area contributed by atoms with E-state index in [2.05, 4.69) is 9.62 Å². The Hall–Kier alpha value is -1.19. The molecule has 1 fully saturated rings. The van der Waals surface area contributed by atoms with Gasteiger partial charge in [-0.3, -0.25) is 4.90 Å². The van der Waals surface area contributed by atoms with Crippen LogP contribution in [0.2, 0.25) is 4.34 Å². The molecule has 0 bridgehead atoms. The highest BCUT2D eigenvalue weighted by Crippen LogP contribution is 2.25. The molecule has 5 nitrogen and oxygen atoms in total. The summed E-state index contributed by atoms with van der Waals surface area (Å²) in [5.41, 5.74) is 0.623. The van der Waals surface area contributed by atoms with E-state index in [4.69, 9.17) is 11.6 Å². The number of anilines is 1. The number of halogens is 2. The highest BCUT2D eigenvalue weighted by molar-refractivity contribution is 7.91. The van der Waals surface area contributed by atoms with Gasteiger partial charge in [-0.15, -0.1) is 11.3 Å². The number of nitrogens with one attached hydrogen (secondary N) is 1. The lowest BCUT2D eigenvalue weighted by atomic mass is 10.2. The molecule has 1 aromatic carbocycles. The number of rotatable bonds is 6. The zero-order valence-corrected chi connectivity index (χ0v) is 15.9. The lowest BCUT2D eigenvalue weighted by molar-refractivity contribution is 0.261. The maximum atomic E-state index is 13.8. The van der Waals surface area contributed by atoms with Crippen LogP contribution in [0.25, 0.3) is 0 Å². The van der Waals surface area contributed by atoms with E-state index in [1.54, 1.807) is 18.2 Å². The summed E-state index contributed by atoms with van der Waals surface area (Å²) in [5, 5.41) is 0. The van der Waals surface area contributed by atoms with Crippen molar-refractivity contribution in [2.24, 2.45) is 0 Å². The molecule has 1 saturated heterocycles. The molecular weight excluding hydrogens is 385 g/mol. The van der Waals surface area contributed by atoms with Crippen molar-refractivity contribution in [3.63, 3.8) is 0 Å². The first-order valence-electron chi connectivity index (χ1n) is 7.92. The van der Waals surface area contributed by atoms with Crippen LogP contribution in [0.4, 0.5) is 10.1 Å². The van der Waals surface area contributed by atoms with Crippen LogP contribution in [0.15, 0.2) is 40.6 Å². The van der Waals surface area contributed by atoms with Gasteiger partial charge < -0.3 is 4.90 Å². The van der Waals surface area contributed by atoms with Gasteiger partial charge in [0.05, 0.1) is 10.0 Å². The molecule has 0 spiro atoms. The molecule has 2 aromatic rings. The zero-order chi connectivity index (χ0) is 17.9. The minimum absolute atomic E-state index is 0.210. The molecule has 0 amide bonds. The quantitative estimate of drug-likeness (QED) is 0.805. The first-order valence-corrected chi connectivity index (χ1v) is 10.6. The molecular formula is C16H19ClFN3O2S2. The molecule has 0 atom stereocenters. The van der Waals surface area contributed by atoms with Crippen LogP contribution >= 0.6 is 22.9 Å². The summed E-state index contributed by atoms with van der Waals surface area (Å²) in [5.74, 6) is -0.210. The fraction of sp³-hybridized carbons (Fsp3) is 0.375. The molecule has 9 heteroatoms. The number of hydrogen-bond acceptors (Lipinski definition) is 5. The third-order valence-electron chi connectivity index (χ3n) is 4.10. The predicted molar refractivity (Wildman–Crippen MR) is 99.6 cm³/mol. The van der Waals surface area contributed by atoms with Gasteiger partial charge in [-0.2, -0.15) is 0 Å². The van der Waals surface area contributed by atoms with Crippen molar-refractivity contribution >= 4 is 38.6 Å². The van der Waals surface area contributed by atoms with E-state index in [0.717, 1.165) is 24.4 Å². The summed E-state index contributed by atoms with van der Waals surface area (Å²) >= 11 is 6.82. The zero-order valence-electron chi connectivity index (χ0n) is 13.5. The first kappa shape index (κ1) is 18.6. The normalized spacial score (nSPS) is 16.3. The lowest BCUT2D eigenvalue weighted by Crippen LogP contribution is -2.48. The minimum atomic E-state index is -3.50. The van der Waals surface area contributed by atoms with Crippen molar-refractivity contribution in [1.82, 2.24) is 9.62 Å². The van der Waals surface area contributed by atoms with Gasteiger partial charge in [0.15, 0.2) is 0 Å². The highest BCUT2D eigenvalue weighted by atomic mass is 35.5. The molecule has 136 valence electrons. The number of nitrogens with zero attached hydrogens (tertiary/aromatic N) is 2. The molecule has 1 aliphatic rings. The Morgan fingerprint density at radius 1 is 1.12 bits per heavy atom. The monoisotopic (exact) mass is 403 g/mol.